The summed E-state index contributed by atoms with van der Waals surface area (Å²) in [6.07, 6.45) is 0. The van der Waals surface area contributed by atoms with Gasteiger partial charge in [0.1, 0.15) is 0 Å². The molecule has 2 aromatic carbocycles. The van der Waals surface area contributed by atoms with Crippen molar-refractivity contribution in [3.05, 3.63) is 47.0 Å². The Morgan fingerprint density at radius 3 is 2.41 bits per heavy atom. The van der Waals surface area contributed by atoms with Gasteiger partial charge in [0.15, 0.2) is 11.5 Å². The number of sulfonamides is 1. The number of anilines is 1. The molecule has 0 unspecified atom stereocenters. The van der Waals surface area contributed by atoms with Crippen LogP contribution in [0.1, 0.15) is 19.4 Å². The quantitative estimate of drug-likeness (QED) is 0.526. The molecule has 0 aliphatic heterocycles. The van der Waals surface area contributed by atoms with Crippen molar-refractivity contribution in [2.75, 3.05) is 46.2 Å². The molecule has 0 saturated carbocycles. The van der Waals surface area contributed by atoms with Gasteiger partial charge in [-0.2, -0.15) is 0 Å². The predicted molar refractivity (Wildman–Crippen MR) is 126 cm³/mol. The molecule has 0 aliphatic rings. The molecular weight excluding hydrogens is 454 g/mol. The highest BCUT2D eigenvalue weighted by Gasteiger charge is 2.20. The van der Waals surface area contributed by atoms with Crippen LogP contribution < -0.4 is 14.8 Å². The summed E-state index contributed by atoms with van der Waals surface area (Å²) in [5, 5.41) is 2.98. The third kappa shape index (κ3) is 6.59. The number of hydrogen-bond acceptors (Lipinski definition) is 6. The van der Waals surface area contributed by atoms with Crippen molar-refractivity contribution in [2.45, 2.75) is 25.3 Å². The zero-order valence-corrected chi connectivity index (χ0v) is 20.6. The van der Waals surface area contributed by atoms with Crippen LogP contribution in [0.5, 0.6) is 11.5 Å². The fourth-order valence-corrected chi connectivity index (χ4v) is 4.08. The summed E-state index contributed by atoms with van der Waals surface area (Å²) in [4.78, 5) is 14.7. The zero-order valence-electron chi connectivity index (χ0n) is 19.0. The second-order valence-corrected chi connectivity index (χ2v) is 9.76. The third-order valence-electron chi connectivity index (χ3n) is 4.74. The van der Waals surface area contributed by atoms with Gasteiger partial charge in [0, 0.05) is 20.6 Å². The van der Waals surface area contributed by atoms with Crippen LogP contribution >= 0.6 is 11.6 Å². The van der Waals surface area contributed by atoms with E-state index < -0.39 is 10.0 Å². The van der Waals surface area contributed by atoms with E-state index in [1.165, 1.54) is 32.3 Å². The number of carbonyl (C=O) groups is 1. The van der Waals surface area contributed by atoms with Gasteiger partial charge in [0.2, 0.25) is 15.9 Å². The first kappa shape index (κ1) is 25.9. The molecule has 32 heavy (non-hydrogen) atoms. The van der Waals surface area contributed by atoms with Crippen LogP contribution in [0.4, 0.5) is 5.69 Å². The molecule has 0 radical (unpaired) electrons. The standard InChI is InChI=1S/C22H30ClN3O5S/c1-6-26(14-16-8-11-20(31-7-2)21(12-16)30-5)15-22(27)24-19-13-17(9-10-18(19)23)32(28,29)25(3)4/h8-13H,6-7,14-15H2,1-5H3,(H,24,27). The average Bonchev–Trinajstić information content (AvgIpc) is 2.75. The molecule has 0 spiro atoms. The number of likely N-dealkylation sites (N-methyl/N-ethyl adjacent to an activating group) is 1. The Morgan fingerprint density at radius 1 is 1.09 bits per heavy atom. The lowest BCUT2D eigenvalue weighted by atomic mass is 10.2. The van der Waals surface area contributed by atoms with E-state index in [0.717, 1.165) is 9.87 Å². The Labute approximate surface area is 195 Å². The van der Waals surface area contributed by atoms with E-state index in [9.17, 15) is 13.2 Å². The summed E-state index contributed by atoms with van der Waals surface area (Å²) in [5.74, 6) is 1.00. The van der Waals surface area contributed by atoms with Crippen LogP contribution in [-0.2, 0) is 21.4 Å². The maximum Gasteiger partial charge on any atom is 0.242 e. The molecule has 0 aliphatic carbocycles. The highest BCUT2D eigenvalue weighted by atomic mass is 35.5. The van der Waals surface area contributed by atoms with Crippen molar-refractivity contribution in [3.8, 4) is 11.5 Å². The van der Waals surface area contributed by atoms with E-state index >= 15 is 0 Å². The average molecular weight is 484 g/mol. The number of carbonyl (C=O) groups excluding carboxylic acids is 1. The SMILES string of the molecule is CCOc1ccc(CN(CC)CC(=O)Nc2cc(S(=O)(=O)N(C)C)ccc2Cl)cc1OC. The molecule has 0 atom stereocenters. The molecular formula is C22H30ClN3O5S. The summed E-state index contributed by atoms with van der Waals surface area (Å²) in [5.41, 5.74) is 1.22. The predicted octanol–water partition coefficient (Wildman–Crippen LogP) is 3.46. The highest BCUT2D eigenvalue weighted by Crippen LogP contribution is 2.29. The lowest BCUT2D eigenvalue weighted by molar-refractivity contribution is -0.117. The maximum atomic E-state index is 12.7. The number of benzene rings is 2. The smallest absolute Gasteiger partial charge is 0.242 e. The number of nitrogens with zero attached hydrogens (tertiary/aromatic N) is 2. The molecule has 0 heterocycles. The number of hydrogen-bond donors (Lipinski definition) is 1. The topological polar surface area (TPSA) is 88.2 Å². The normalized spacial score (nSPS) is 11.6. The fourth-order valence-electron chi connectivity index (χ4n) is 2.99. The monoisotopic (exact) mass is 483 g/mol. The summed E-state index contributed by atoms with van der Waals surface area (Å²) in [6, 6.07) is 9.89. The maximum absolute atomic E-state index is 12.7. The van der Waals surface area contributed by atoms with Gasteiger partial charge >= 0.3 is 0 Å². The molecule has 2 rings (SSSR count). The number of amides is 1. The first-order chi connectivity index (χ1) is 15.1. The molecule has 176 valence electrons. The number of nitrogens with one attached hydrogen (secondary N) is 1. The lowest BCUT2D eigenvalue weighted by Crippen LogP contribution is -2.33. The summed E-state index contributed by atoms with van der Waals surface area (Å²) in [6.45, 7) is 5.66. The van der Waals surface area contributed by atoms with Gasteiger partial charge in [0.05, 0.1) is 35.9 Å². The molecule has 0 bridgehead atoms. The number of methoxy groups -OCH3 is 1. The van der Waals surface area contributed by atoms with Crippen LogP contribution in [0.25, 0.3) is 0 Å². The van der Waals surface area contributed by atoms with Crippen molar-refractivity contribution in [2.24, 2.45) is 0 Å². The van der Waals surface area contributed by atoms with Gasteiger partial charge < -0.3 is 14.8 Å². The Kier molecular flexibility index (Phi) is 9.33. The lowest BCUT2D eigenvalue weighted by Gasteiger charge is -2.21. The first-order valence-corrected chi connectivity index (χ1v) is 12.0. The van der Waals surface area contributed by atoms with Gasteiger partial charge in [-0.3, -0.25) is 9.69 Å². The van der Waals surface area contributed by atoms with E-state index in [-0.39, 0.29) is 28.1 Å². The largest absolute Gasteiger partial charge is 0.493 e. The van der Waals surface area contributed by atoms with E-state index in [1.807, 2.05) is 36.9 Å². The number of ether oxygens (including phenoxy) is 2. The number of halogens is 1. The minimum atomic E-state index is -3.64. The minimum absolute atomic E-state index is 0.0519. The van der Waals surface area contributed by atoms with Gasteiger partial charge in [-0.05, 0) is 49.4 Å². The van der Waals surface area contributed by atoms with Gasteiger partial charge in [-0.15, -0.1) is 0 Å². The van der Waals surface area contributed by atoms with E-state index in [0.29, 0.717) is 31.2 Å². The van der Waals surface area contributed by atoms with Crippen LogP contribution in [0.3, 0.4) is 0 Å². The zero-order chi connectivity index (χ0) is 23.9. The second-order valence-electron chi connectivity index (χ2n) is 7.20. The van der Waals surface area contributed by atoms with Crippen molar-refractivity contribution < 1.29 is 22.7 Å². The molecule has 0 fully saturated rings. The molecule has 0 aromatic heterocycles. The fraction of sp³-hybridized carbons (Fsp3) is 0.409. The van der Waals surface area contributed by atoms with Crippen LogP contribution in [-0.4, -0.2) is 64.4 Å². The van der Waals surface area contributed by atoms with E-state index in [4.69, 9.17) is 21.1 Å². The molecule has 1 N–H and O–H groups in total. The molecule has 10 heteroatoms. The van der Waals surface area contributed by atoms with Crippen LogP contribution in [0, 0.1) is 0 Å². The summed E-state index contributed by atoms with van der Waals surface area (Å²) >= 11 is 6.18. The molecule has 1 amide bonds. The van der Waals surface area contributed by atoms with Crippen molar-refractivity contribution in [3.63, 3.8) is 0 Å². The Hall–Kier alpha value is -2.33. The van der Waals surface area contributed by atoms with Crippen LogP contribution in [0.2, 0.25) is 5.02 Å². The minimum Gasteiger partial charge on any atom is -0.493 e. The van der Waals surface area contributed by atoms with Crippen molar-refractivity contribution in [1.82, 2.24) is 9.21 Å². The van der Waals surface area contributed by atoms with Crippen LogP contribution in [0.15, 0.2) is 41.3 Å². The van der Waals surface area contributed by atoms with Gasteiger partial charge in [-0.1, -0.05) is 24.6 Å². The number of rotatable bonds is 11. The van der Waals surface area contributed by atoms with Crippen molar-refractivity contribution in [1.29, 1.82) is 0 Å². The molecule has 0 saturated heterocycles. The summed E-state index contributed by atoms with van der Waals surface area (Å²) in [7, 11) is 0.824. The van der Waals surface area contributed by atoms with Gasteiger partial charge in [0.25, 0.3) is 0 Å². The second kappa shape index (κ2) is 11.5. The highest BCUT2D eigenvalue weighted by molar-refractivity contribution is 7.89. The van der Waals surface area contributed by atoms with Gasteiger partial charge in [-0.25, -0.2) is 12.7 Å². The Balaban J connectivity index is 2.11. The van der Waals surface area contributed by atoms with E-state index in [1.54, 1.807) is 7.11 Å². The third-order valence-corrected chi connectivity index (χ3v) is 6.88. The Bertz CT molecular complexity index is 1040. The molecule has 8 nitrogen and oxygen atoms in total. The van der Waals surface area contributed by atoms with Crippen molar-refractivity contribution >= 4 is 33.2 Å². The Morgan fingerprint density at radius 2 is 1.81 bits per heavy atom. The first-order valence-electron chi connectivity index (χ1n) is 10.2. The summed E-state index contributed by atoms with van der Waals surface area (Å²) < 4.78 is 36.8. The van der Waals surface area contributed by atoms with E-state index in [2.05, 4.69) is 5.32 Å². The molecule has 2 aromatic rings.